The summed E-state index contributed by atoms with van der Waals surface area (Å²) < 4.78 is 5.89. The number of para-hydroxylation sites is 1. The lowest BCUT2D eigenvalue weighted by Crippen LogP contribution is -2.44. The van der Waals surface area contributed by atoms with Gasteiger partial charge in [0.05, 0.1) is 16.9 Å². The van der Waals surface area contributed by atoms with E-state index in [-0.39, 0.29) is 21.7 Å². The van der Waals surface area contributed by atoms with Gasteiger partial charge in [-0.05, 0) is 49.5 Å². The predicted octanol–water partition coefficient (Wildman–Crippen LogP) is 5.20. The number of hydrogen-bond donors (Lipinski definition) is 2. The first kappa shape index (κ1) is 23.8. The van der Waals surface area contributed by atoms with Gasteiger partial charge in [0, 0.05) is 37.6 Å². The van der Waals surface area contributed by atoms with Crippen LogP contribution in [0.25, 0.3) is 0 Å². The van der Waals surface area contributed by atoms with Crippen LogP contribution in [0.15, 0.2) is 61.3 Å². The molecule has 1 saturated heterocycles. The highest BCUT2D eigenvalue weighted by molar-refractivity contribution is 6.33. The second kappa shape index (κ2) is 10.7. The zero-order valence-electron chi connectivity index (χ0n) is 18.6. The fourth-order valence-electron chi connectivity index (χ4n) is 3.42. The monoisotopic (exact) mass is 498 g/mol. The molecule has 2 N–H and O–H groups in total. The molecule has 4 rings (SSSR count). The molecular formula is C24H24Cl2N6O2. The molecule has 1 aliphatic heterocycles. The van der Waals surface area contributed by atoms with Crippen molar-refractivity contribution in [3.05, 3.63) is 71.4 Å². The second-order valence-electron chi connectivity index (χ2n) is 7.72. The molecule has 1 amide bonds. The van der Waals surface area contributed by atoms with Crippen molar-refractivity contribution >= 4 is 52.1 Å². The number of carbonyl (C=O) groups is 1. The number of halogens is 2. The summed E-state index contributed by atoms with van der Waals surface area (Å²) >= 11 is 12.6. The quantitative estimate of drug-likeness (QED) is 0.433. The molecule has 1 aliphatic rings. The minimum Gasteiger partial charge on any atom is -0.434 e. The fourth-order valence-corrected chi connectivity index (χ4v) is 3.77. The van der Waals surface area contributed by atoms with Gasteiger partial charge in [0.1, 0.15) is 5.02 Å². The number of carbonyl (C=O) groups excluding carboxylic acids is 1. The highest BCUT2D eigenvalue weighted by Gasteiger charge is 2.16. The van der Waals surface area contributed by atoms with E-state index in [0.29, 0.717) is 11.6 Å². The standard InChI is InChI=1S/C24H24Cl2N6O2/c1-3-21(33)29-20-6-4-5-18(25)22(20)34-23-19(26)15-27-24(30-23)28-16-7-9-17(10-8-16)32-13-11-31(2)12-14-32/h3-10,15H,1,11-14H2,2H3,(H,29,33)(H,27,28,30). The molecule has 2 aromatic carbocycles. The average Bonchev–Trinajstić information content (AvgIpc) is 2.84. The van der Waals surface area contributed by atoms with Gasteiger partial charge in [0.2, 0.25) is 17.7 Å². The smallest absolute Gasteiger partial charge is 0.247 e. The van der Waals surface area contributed by atoms with Gasteiger partial charge in [-0.1, -0.05) is 35.8 Å². The van der Waals surface area contributed by atoms with Crippen molar-refractivity contribution < 1.29 is 9.53 Å². The van der Waals surface area contributed by atoms with E-state index in [1.807, 2.05) is 12.1 Å². The Bertz CT molecular complexity index is 1180. The average molecular weight is 499 g/mol. The van der Waals surface area contributed by atoms with Crippen LogP contribution < -0.4 is 20.3 Å². The first-order valence-electron chi connectivity index (χ1n) is 10.7. The van der Waals surface area contributed by atoms with Crippen LogP contribution in [0.1, 0.15) is 0 Å². The van der Waals surface area contributed by atoms with Gasteiger partial charge in [0.25, 0.3) is 0 Å². The summed E-state index contributed by atoms with van der Waals surface area (Å²) in [6.07, 6.45) is 2.59. The van der Waals surface area contributed by atoms with Crippen LogP contribution in [0.4, 0.5) is 23.0 Å². The van der Waals surface area contributed by atoms with Gasteiger partial charge in [0.15, 0.2) is 5.75 Å². The molecule has 34 heavy (non-hydrogen) atoms. The topological polar surface area (TPSA) is 82.6 Å². The van der Waals surface area contributed by atoms with Crippen molar-refractivity contribution in [2.24, 2.45) is 0 Å². The van der Waals surface area contributed by atoms with Crippen LogP contribution >= 0.6 is 23.2 Å². The van der Waals surface area contributed by atoms with Crippen molar-refractivity contribution in [2.75, 3.05) is 48.8 Å². The molecule has 1 fully saturated rings. The van der Waals surface area contributed by atoms with Gasteiger partial charge >= 0.3 is 0 Å². The van der Waals surface area contributed by atoms with Crippen molar-refractivity contribution in [1.82, 2.24) is 14.9 Å². The summed E-state index contributed by atoms with van der Waals surface area (Å²) in [5.41, 5.74) is 2.36. The van der Waals surface area contributed by atoms with Crippen LogP contribution in [-0.4, -0.2) is 54.0 Å². The van der Waals surface area contributed by atoms with Crippen molar-refractivity contribution in [3.8, 4) is 11.6 Å². The summed E-state index contributed by atoms with van der Waals surface area (Å²) in [7, 11) is 2.14. The van der Waals surface area contributed by atoms with Gasteiger partial charge in [-0.2, -0.15) is 4.98 Å². The molecule has 0 aliphatic carbocycles. The Labute approximate surface area is 208 Å². The number of aromatic nitrogens is 2. The Morgan fingerprint density at radius 3 is 2.53 bits per heavy atom. The Morgan fingerprint density at radius 2 is 1.82 bits per heavy atom. The summed E-state index contributed by atoms with van der Waals surface area (Å²) in [4.78, 5) is 25.1. The van der Waals surface area contributed by atoms with E-state index < -0.39 is 5.91 Å². The SMILES string of the molecule is C=CC(=O)Nc1cccc(Cl)c1Oc1nc(Nc2ccc(N3CCN(C)CC3)cc2)ncc1Cl. The number of benzene rings is 2. The molecule has 8 nitrogen and oxygen atoms in total. The summed E-state index contributed by atoms with van der Waals surface area (Å²) in [5.74, 6) is 0.205. The van der Waals surface area contributed by atoms with Gasteiger partial charge < -0.3 is 25.2 Å². The second-order valence-corrected chi connectivity index (χ2v) is 8.54. The van der Waals surface area contributed by atoms with Crippen molar-refractivity contribution in [3.63, 3.8) is 0 Å². The molecule has 176 valence electrons. The number of likely N-dealkylation sites (N-methyl/N-ethyl adjacent to an activating group) is 1. The van der Waals surface area contributed by atoms with Crippen molar-refractivity contribution in [2.45, 2.75) is 0 Å². The van der Waals surface area contributed by atoms with E-state index in [9.17, 15) is 4.79 Å². The number of piperazine rings is 1. The number of nitrogens with zero attached hydrogens (tertiary/aromatic N) is 4. The zero-order chi connectivity index (χ0) is 24.1. The lowest BCUT2D eigenvalue weighted by atomic mass is 10.2. The highest BCUT2D eigenvalue weighted by atomic mass is 35.5. The Morgan fingerprint density at radius 1 is 1.09 bits per heavy atom. The number of amides is 1. The summed E-state index contributed by atoms with van der Waals surface area (Å²) in [6, 6.07) is 13.1. The van der Waals surface area contributed by atoms with Crippen LogP contribution in [0.3, 0.4) is 0 Å². The number of anilines is 4. The molecule has 0 radical (unpaired) electrons. The third-order valence-corrected chi connectivity index (χ3v) is 5.87. The van der Waals surface area contributed by atoms with Gasteiger partial charge in [-0.25, -0.2) is 4.98 Å². The van der Waals surface area contributed by atoms with E-state index in [0.717, 1.165) is 37.9 Å². The Balaban J connectivity index is 1.50. The normalized spacial score (nSPS) is 13.9. The summed E-state index contributed by atoms with van der Waals surface area (Å²) in [6.45, 7) is 7.55. The minimum absolute atomic E-state index is 0.0930. The van der Waals surface area contributed by atoms with Crippen LogP contribution in [0.5, 0.6) is 11.6 Å². The molecular weight excluding hydrogens is 475 g/mol. The third kappa shape index (κ3) is 5.77. The highest BCUT2D eigenvalue weighted by Crippen LogP contribution is 2.38. The van der Waals surface area contributed by atoms with E-state index in [2.05, 4.69) is 56.2 Å². The molecule has 0 unspecified atom stereocenters. The zero-order valence-corrected chi connectivity index (χ0v) is 20.1. The lowest BCUT2D eigenvalue weighted by molar-refractivity contribution is -0.111. The van der Waals surface area contributed by atoms with Crippen LogP contribution in [0, 0.1) is 0 Å². The van der Waals surface area contributed by atoms with E-state index in [1.54, 1.807) is 18.2 Å². The molecule has 0 atom stereocenters. The maximum Gasteiger partial charge on any atom is 0.247 e. The fraction of sp³-hybridized carbons (Fsp3) is 0.208. The first-order valence-corrected chi connectivity index (χ1v) is 11.4. The maximum atomic E-state index is 11.8. The van der Waals surface area contributed by atoms with E-state index in [1.165, 1.54) is 11.9 Å². The maximum absolute atomic E-state index is 11.8. The molecule has 0 bridgehead atoms. The predicted molar refractivity (Wildman–Crippen MR) is 137 cm³/mol. The molecule has 0 spiro atoms. The lowest BCUT2D eigenvalue weighted by Gasteiger charge is -2.34. The molecule has 0 saturated carbocycles. The van der Waals surface area contributed by atoms with Crippen LogP contribution in [0.2, 0.25) is 10.0 Å². The minimum atomic E-state index is -0.400. The third-order valence-electron chi connectivity index (χ3n) is 5.31. The number of hydrogen-bond acceptors (Lipinski definition) is 7. The van der Waals surface area contributed by atoms with Gasteiger partial charge in [-0.3, -0.25) is 4.79 Å². The van der Waals surface area contributed by atoms with Crippen LogP contribution in [-0.2, 0) is 4.79 Å². The molecule has 2 heterocycles. The van der Waals surface area contributed by atoms with E-state index in [4.69, 9.17) is 27.9 Å². The van der Waals surface area contributed by atoms with Crippen molar-refractivity contribution in [1.29, 1.82) is 0 Å². The Hall–Kier alpha value is -3.33. The molecule has 3 aromatic rings. The number of nitrogens with one attached hydrogen (secondary N) is 2. The Kier molecular flexibility index (Phi) is 7.52. The number of ether oxygens (including phenoxy) is 1. The first-order chi connectivity index (χ1) is 16.4. The van der Waals surface area contributed by atoms with E-state index >= 15 is 0 Å². The molecule has 10 heteroatoms. The largest absolute Gasteiger partial charge is 0.434 e. The number of rotatable bonds is 7. The van der Waals surface area contributed by atoms with Gasteiger partial charge in [-0.15, -0.1) is 0 Å². The summed E-state index contributed by atoms with van der Waals surface area (Å²) in [5, 5.41) is 6.29. The molecule has 1 aromatic heterocycles.